The normalized spacial score (nSPS) is 10.9. The Balaban J connectivity index is 1.46. The molecule has 176 valence electrons. The Bertz CT molecular complexity index is 1280. The number of aryl methyl sites for hydroxylation is 3. The van der Waals surface area contributed by atoms with Gasteiger partial charge in [0.05, 0.1) is 24.8 Å². The van der Waals surface area contributed by atoms with Crippen molar-refractivity contribution in [3.05, 3.63) is 95.8 Å². The summed E-state index contributed by atoms with van der Waals surface area (Å²) in [6.45, 7) is 9.76. The molecule has 0 aliphatic carbocycles. The van der Waals surface area contributed by atoms with E-state index in [0.717, 1.165) is 53.1 Å². The van der Waals surface area contributed by atoms with Crippen LogP contribution in [0.25, 0.3) is 11.0 Å². The zero-order valence-corrected chi connectivity index (χ0v) is 20.2. The largest absolute Gasteiger partial charge is 0.493 e. The predicted molar refractivity (Wildman–Crippen MR) is 137 cm³/mol. The molecule has 3 aromatic carbocycles. The molecule has 0 unspecified atom stereocenters. The van der Waals surface area contributed by atoms with Gasteiger partial charge in [0, 0.05) is 6.54 Å². The third-order valence-corrected chi connectivity index (χ3v) is 5.81. The standard InChI is InChI=1S/C29H32N2O3/c1-5-9-23-13-15-27(28(19-23)32-4)34-20-29-30-24-10-6-7-11-25(24)31(29)16-8-17-33-26-14-12-21(2)18-22(26)3/h5-7,10-15,18-19H,1,8-9,16-17,20H2,2-4H3. The Kier molecular flexibility index (Phi) is 7.53. The van der Waals surface area contributed by atoms with Gasteiger partial charge >= 0.3 is 0 Å². The lowest BCUT2D eigenvalue weighted by Gasteiger charge is -2.14. The van der Waals surface area contributed by atoms with E-state index >= 15 is 0 Å². The topological polar surface area (TPSA) is 45.5 Å². The molecule has 5 heteroatoms. The number of aromatic nitrogens is 2. The Hall–Kier alpha value is -3.73. The lowest BCUT2D eigenvalue weighted by Crippen LogP contribution is -2.10. The Morgan fingerprint density at radius 2 is 1.76 bits per heavy atom. The first kappa shape index (κ1) is 23.4. The molecule has 4 aromatic rings. The summed E-state index contributed by atoms with van der Waals surface area (Å²) in [5.74, 6) is 3.23. The fourth-order valence-corrected chi connectivity index (χ4v) is 4.12. The van der Waals surface area contributed by atoms with Gasteiger partial charge in [-0.1, -0.05) is 42.0 Å². The molecule has 0 amide bonds. The second-order valence-electron chi connectivity index (χ2n) is 8.41. The van der Waals surface area contributed by atoms with Crippen LogP contribution in [0.15, 0.2) is 73.3 Å². The van der Waals surface area contributed by atoms with Crippen LogP contribution < -0.4 is 14.2 Å². The number of benzene rings is 3. The van der Waals surface area contributed by atoms with Crippen LogP contribution in [-0.4, -0.2) is 23.3 Å². The molecule has 1 aromatic heterocycles. The number of ether oxygens (including phenoxy) is 3. The summed E-state index contributed by atoms with van der Waals surface area (Å²) in [5.41, 5.74) is 5.60. The summed E-state index contributed by atoms with van der Waals surface area (Å²) >= 11 is 0. The van der Waals surface area contributed by atoms with Gasteiger partial charge in [-0.2, -0.15) is 0 Å². The van der Waals surface area contributed by atoms with Crippen molar-refractivity contribution < 1.29 is 14.2 Å². The van der Waals surface area contributed by atoms with E-state index in [-0.39, 0.29) is 0 Å². The number of methoxy groups -OCH3 is 1. The van der Waals surface area contributed by atoms with Crippen molar-refractivity contribution in [2.45, 2.75) is 39.8 Å². The number of allylic oxidation sites excluding steroid dienone is 1. The molecule has 0 fully saturated rings. The highest BCUT2D eigenvalue weighted by molar-refractivity contribution is 5.75. The Morgan fingerprint density at radius 3 is 2.56 bits per heavy atom. The summed E-state index contributed by atoms with van der Waals surface area (Å²) in [5, 5.41) is 0. The zero-order valence-electron chi connectivity index (χ0n) is 20.2. The maximum atomic E-state index is 6.15. The predicted octanol–water partition coefficient (Wildman–Crippen LogP) is 6.44. The zero-order chi connectivity index (χ0) is 23.9. The van der Waals surface area contributed by atoms with Crippen LogP contribution in [0, 0.1) is 13.8 Å². The van der Waals surface area contributed by atoms with E-state index in [1.165, 1.54) is 5.56 Å². The minimum absolute atomic E-state index is 0.351. The maximum Gasteiger partial charge on any atom is 0.161 e. The van der Waals surface area contributed by atoms with E-state index in [9.17, 15) is 0 Å². The van der Waals surface area contributed by atoms with Crippen LogP contribution in [0.3, 0.4) is 0 Å². The summed E-state index contributed by atoms with van der Waals surface area (Å²) < 4.78 is 20.0. The molecule has 0 atom stereocenters. The van der Waals surface area contributed by atoms with E-state index in [1.54, 1.807) is 7.11 Å². The van der Waals surface area contributed by atoms with Crippen molar-refractivity contribution in [3.63, 3.8) is 0 Å². The van der Waals surface area contributed by atoms with E-state index < -0.39 is 0 Å². The number of hydrogen-bond acceptors (Lipinski definition) is 4. The van der Waals surface area contributed by atoms with Gasteiger partial charge in [0.15, 0.2) is 11.5 Å². The number of hydrogen-bond donors (Lipinski definition) is 0. The smallest absolute Gasteiger partial charge is 0.161 e. The number of fused-ring (bicyclic) bond motifs is 1. The van der Waals surface area contributed by atoms with E-state index in [1.807, 2.05) is 48.5 Å². The van der Waals surface area contributed by atoms with Gasteiger partial charge in [0.2, 0.25) is 0 Å². The molecular formula is C29H32N2O3. The monoisotopic (exact) mass is 456 g/mol. The summed E-state index contributed by atoms with van der Waals surface area (Å²) in [6, 6.07) is 20.4. The molecule has 0 saturated carbocycles. The van der Waals surface area contributed by atoms with Crippen LogP contribution in [0.1, 0.15) is 28.9 Å². The quantitative estimate of drug-likeness (QED) is 0.192. The molecule has 0 saturated heterocycles. The van der Waals surface area contributed by atoms with Crippen molar-refractivity contribution in [2.24, 2.45) is 0 Å². The molecule has 0 spiro atoms. The van der Waals surface area contributed by atoms with Crippen LogP contribution in [0.4, 0.5) is 0 Å². The maximum absolute atomic E-state index is 6.15. The molecule has 0 N–H and O–H groups in total. The summed E-state index contributed by atoms with van der Waals surface area (Å²) in [6.07, 6.45) is 3.53. The molecule has 0 radical (unpaired) electrons. The highest BCUT2D eigenvalue weighted by Gasteiger charge is 2.13. The Labute approximate surface area is 201 Å². The molecule has 0 bridgehead atoms. The SMILES string of the molecule is C=CCc1ccc(OCc2nc3ccccc3n2CCCOc2ccc(C)cc2C)c(OC)c1. The third-order valence-electron chi connectivity index (χ3n) is 5.81. The second kappa shape index (κ2) is 10.9. The molecular weight excluding hydrogens is 424 g/mol. The van der Waals surface area contributed by atoms with Gasteiger partial charge < -0.3 is 18.8 Å². The molecule has 4 rings (SSSR count). The van der Waals surface area contributed by atoms with Gasteiger partial charge in [0.25, 0.3) is 0 Å². The van der Waals surface area contributed by atoms with E-state index in [2.05, 4.69) is 43.2 Å². The highest BCUT2D eigenvalue weighted by atomic mass is 16.5. The summed E-state index contributed by atoms with van der Waals surface area (Å²) in [7, 11) is 1.66. The second-order valence-corrected chi connectivity index (χ2v) is 8.41. The first-order valence-corrected chi connectivity index (χ1v) is 11.6. The van der Waals surface area contributed by atoms with E-state index in [0.29, 0.717) is 24.7 Å². The Morgan fingerprint density at radius 1 is 0.941 bits per heavy atom. The summed E-state index contributed by atoms with van der Waals surface area (Å²) in [4.78, 5) is 4.83. The van der Waals surface area contributed by atoms with Gasteiger partial charge in [-0.25, -0.2) is 4.98 Å². The lowest BCUT2D eigenvalue weighted by atomic mass is 10.1. The van der Waals surface area contributed by atoms with Crippen molar-refractivity contribution in [1.29, 1.82) is 0 Å². The first-order chi connectivity index (χ1) is 16.6. The minimum Gasteiger partial charge on any atom is -0.493 e. The van der Waals surface area contributed by atoms with Gasteiger partial charge in [-0.05, 0) is 68.1 Å². The fourth-order valence-electron chi connectivity index (χ4n) is 4.12. The number of imidazole rings is 1. The number of para-hydroxylation sites is 2. The lowest BCUT2D eigenvalue weighted by molar-refractivity contribution is 0.267. The van der Waals surface area contributed by atoms with Gasteiger partial charge in [0.1, 0.15) is 18.2 Å². The van der Waals surface area contributed by atoms with Crippen molar-refractivity contribution in [3.8, 4) is 17.2 Å². The molecule has 34 heavy (non-hydrogen) atoms. The third kappa shape index (κ3) is 5.42. The van der Waals surface area contributed by atoms with Crippen LogP contribution in [0.5, 0.6) is 17.2 Å². The molecule has 0 aliphatic heterocycles. The van der Waals surface area contributed by atoms with E-state index in [4.69, 9.17) is 19.2 Å². The molecule has 5 nitrogen and oxygen atoms in total. The molecule has 1 heterocycles. The van der Waals surface area contributed by atoms with Gasteiger partial charge in [-0.3, -0.25) is 0 Å². The average Bonchev–Trinajstić information content (AvgIpc) is 3.19. The van der Waals surface area contributed by atoms with Crippen molar-refractivity contribution in [2.75, 3.05) is 13.7 Å². The van der Waals surface area contributed by atoms with Gasteiger partial charge in [-0.15, -0.1) is 6.58 Å². The van der Waals surface area contributed by atoms with Crippen LogP contribution >= 0.6 is 0 Å². The van der Waals surface area contributed by atoms with Crippen molar-refractivity contribution in [1.82, 2.24) is 9.55 Å². The minimum atomic E-state index is 0.351. The fraction of sp³-hybridized carbons (Fsp3) is 0.276. The average molecular weight is 457 g/mol. The van der Waals surface area contributed by atoms with Crippen LogP contribution in [0.2, 0.25) is 0 Å². The van der Waals surface area contributed by atoms with Crippen molar-refractivity contribution >= 4 is 11.0 Å². The number of nitrogens with zero attached hydrogens (tertiary/aromatic N) is 2. The molecule has 0 aliphatic rings. The van der Waals surface area contributed by atoms with Crippen LogP contribution in [-0.2, 0) is 19.6 Å². The highest BCUT2D eigenvalue weighted by Crippen LogP contribution is 2.29. The first-order valence-electron chi connectivity index (χ1n) is 11.6. The number of rotatable bonds is 11.